The Labute approximate surface area is 134 Å². The van der Waals surface area contributed by atoms with Gasteiger partial charge in [0.1, 0.15) is 0 Å². The third-order valence-electron chi connectivity index (χ3n) is 4.42. The van der Waals surface area contributed by atoms with E-state index in [0.29, 0.717) is 12.0 Å². The van der Waals surface area contributed by atoms with Crippen molar-refractivity contribution in [1.29, 1.82) is 0 Å². The van der Waals surface area contributed by atoms with Crippen molar-refractivity contribution in [2.45, 2.75) is 51.5 Å². The van der Waals surface area contributed by atoms with Gasteiger partial charge in [-0.3, -0.25) is 9.89 Å². The van der Waals surface area contributed by atoms with Gasteiger partial charge in [0.25, 0.3) is 0 Å². The Kier molecular flexibility index (Phi) is 8.06. The zero-order chi connectivity index (χ0) is 12.8. The molecule has 0 aromatic carbocycles. The third kappa shape index (κ3) is 5.45. The van der Waals surface area contributed by atoms with Crippen molar-refractivity contribution in [2.75, 3.05) is 26.2 Å². The van der Waals surface area contributed by atoms with Crippen molar-refractivity contribution in [1.82, 2.24) is 10.2 Å². The Morgan fingerprint density at radius 3 is 2.68 bits per heavy atom. The largest absolute Gasteiger partial charge is 0.370 e. The molecule has 1 atom stereocenters. The highest BCUT2D eigenvalue weighted by molar-refractivity contribution is 14.0. The number of guanidine groups is 1. The number of nitrogens with zero attached hydrogens (tertiary/aromatic N) is 2. The van der Waals surface area contributed by atoms with E-state index in [4.69, 9.17) is 5.73 Å². The van der Waals surface area contributed by atoms with Crippen LogP contribution in [0.4, 0.5) is 0 Å². The molecule has 1 heterocycles. The maximum Gasteiger partial charge on any atom is 0.188 e. The molecule has 2 rings (SSSR count). The van der Waals surface area contributed by atoms with Gasteiger partial charge >= 0.3 is 0 Å². The standard InChI is InChI=1S/C14H28N4.HI/c1-2-18-9-4-3-8-13(18)11-17-14(15)16-10-12-6-5-7-12;/h12-13H,2-11H2,1H3,(H3,15,16,17);1H. The fraction of sp³-hybridized carbons (Fsp3) is 0.929. The van der Waals surface area contributed by atoms with Crippen LogP contribution in [0.2, 0.25) is 0 Å². The summed E-state index contributed by atoms with van der Waals surface area (Å²) in [6.07, 6.45) is 8.03. The Morgan fingerprint density at radius 1 is 1.26 bits per heavy atom. The Morgan fingerprint density at radius 2 is 2.05 bits per heavy atom. The van der Waals surface area contributed by atoms with Gasteiger partial charge in [-0.15, -0.1) is 24.0 Å². The lowest BCUT2D eigenvalue weighted by Crippen LogP contribution is -2.48. The molecule has 19 heavy (non-hydrogen) atoms. The summed E-state index contributed by atoms with van der Waals surface area (Å²) >= 11 is 0. The smallest absolute Gasteiger partial charge is 0.188 e. The van der Waals surface area contributed by atoms with Crippen LogP contribution >= 0.6 is 24.0 Å². The number of rotatable bonds is 5. The van der Waals surface area contributed by atoms with Gasteiger partial charge in [0.2, 0.25) is 0 Å². The van der Waals surface area contributed by atoms with Gasteiger partial charge < -0.3 is 11.1 Å². The fourth-order valence-electron chi connectivity index (χ4n) is 2.89. The van der Waals surface area contributed by atoms with E-state index in [1.54, 1.807) is 0 Å². The van der Waals surface area contributed by atoms with E-state index in [9.17, 15) is 0 Å². The average Bonchev–Trinajstić information content (AvgIpc) is 2.35. The van der Waals surface area contributed by atoms with E-state index in [0.717, 1.165) is 25.6 Å². The maximum absolute atomic E-state index is 5.93. The number of likely N-dealkylation sites (N-methyl/N-ethyl adjacent to an activating group) is 1. The second kappa shape index (κ2) is 9.00. The van der Waals surface area contributed by atoms with Gasteiger partial charge in [-0.25, -0.2) is 0 Å². The zero-order valence-corrected chi connectivity index (χ0v) is 14.4. The topological polar surface area (TPSA) is 53.6 Å². The molecule has 4 nitrogen and oxygen atoms in total. The van der Waals surface area contributed by atoms with Crippen LogP contribution < -0.4 is 11.1 Å². The number of nitrogens with two attached hydrogens (primary N) is 1. The van der Waals surface area contributed by atoms with Gasteiger partial charge in [0, 0.05) is 19.1 Å². The Bertz CT molecular complexity index is 279. The quantitative estimate of drug-likeness (QED) is 0.437. The van der Waals surface area contributed by atoms with Crippen molar-refractivity contribution in [3.8, 4) is 0 Å². The molecule has 1 saturated carbocycles. The SMILES string of the molecule is CCN1CCCCC1CNC(N)=NCC1CCC1.I. The van der Waals surface area contributed by atoms with E-state index in [1.807, 2.05) is 0 Å². The summed E-state index contributed by atoms with van der Waals surface area (Å²) in [5.74, 6) is 1.44. The monoisotopic (exact) mass is 380 g/mol. The molecular weight excluding hydrogens is 351 g/mol. The molecule has 0 radical (unpaired) electrons. The lowest BCUT2D eigenvalue weighted by molar-refractivity contribution is 0.157. The Hall–Kier alpha value is -0.0400. The molecule has 2 fully saturated rings. The minimum Gasteiger partial charge on any atom is -0.370 e. The number of piperidine rings is 1. The summed E-state index contributed by atoms with van der Waals surface area (Å²) < 4.78 is 0. The first kappa shape index (κ1) is 17.0. The van der Waals surface area contributed by atoms with Gasteiger partial charge in [-0.2, -0.15) is 0 Å². The summed E-state index contributed by atoms with van der Waals surface area (Å²) in [6, 6.07) is 0.640. The highest BCUT2D eigenvalue weighted by atomic mass is 127. The fourth-order valence-corrected chi connectivity index (χ4v) is 2.89. The molecule has 0 aromatic heterocycles. The Balaban J connectivity index is 0.00000180. The average molecular weight is 380 g/mol. The van der Waals surface area contributed by atoms with Crippen LogP contribution in [0.1, 0.15) is 45.4 Å². The van der Waals surface area contributed by atoms with E-state index in [2.05, 4.69) is 22.1 Å². The zero-order valence-electron chi connectivity index (χ0n) is 12.1. The normalized spacial score (nSPS) is 25.5. The maximum atomic E-state index is 5.93. The first-order valence-corrected chi connectivity index (χ1v) is 7.57. The molecule has 3 N–H and O–H groups in total. The summed E-state index contributed by atoms with van der Waals surface area (Å²) in [4.78, 5) is 7.00. The van der Waals surface area contributed by atoms with Gasteiger partial charge in [0.05, 0.1) is 0 Å². The molecule has 1 unspecified atom stereocenters. The van der Waals surface area contributed by atoms with E-state index >= 15 is 0 Å². The molecule has 0 spiro atoms. The molecule has 2 aliphatic rings. The van der Waals surface area contributed by atoms with Crippen LogP contribution in [0.25, 0.3) is 0 Å². The molecule has 0 aromatic rings. The van der Waals surface area contributed by atoms with E-state index < -0.39 is 0 Å². The summed E-state index contributed by atoms with van der Waals surface area (Å²) in [5, 5.41) is 3.31. The molecule has 5 heteroatoms. The number of nitrogens with one attached hydrogen (secondary N) is 1. The summed E-state index contributed by atoms with van der Waals surface area (Å²) in [7, 11) is 0. The minimum atomic E-state index is 0. The van der Waals surface area contributed by atoms with Crippen molar-refractivity contribution >= 4 is 29.9 Å². The van der Waals surface area contributed by atoms with Crippen molar-refractivity contribution < 1.29 is 0 Å². The third-order valence-corrected chi connectivity index (χ3v) is 4.42. The van der Waals surface area contributed by atoms with Crippen LogP contribution in [-0.4, -0.2) is 43.1 Å². The van der Waals surface area contributed by atoms with Gasteiger partial charge in [0.15, 0.2) is 5.96 Å². The van der Waals surface area contributed by atoms with E-state index in [1.165, 1.54) is 45.1 Å². The number of hydrogen-bond donors (Lipinski definition) is 2. The highest BCUT2D eigenvalue weighted by Crippen LogP contribution is 2.26. The first-order valence-electron chi connectivity index (χ1n) is 7.57. The van der Waals surface area contributed by atoms with Crippen molar-refractivity contribution in [2.24, 2.45) is 16.6 Å². The molecule has 1 aliphatic carbocycles. The van der Waals surface area contributed by atoms with Crippen LogP contribution in [0.5, 0.6) is 0 Å². The summed E-state index contributed by atoms with van der Waals surface area (Å²) in [5.41, 5.74) is 5.93. The second-order valence-corrected chi connectivity index (χ2v) is 5.68. The van der Waals surface area contributed by atoms with E-state index in [-0.39, 0.29) is 24.0 Å². The lowest BCUT2D eigenvalue weighted by Gasteiger charge is -2.35. The van der Waals surface area contributed by atoms with Gasteiger partial charge in [-0.1, -0.05) is 19.8 Å². The number of aliphatic imine (C=N–C) groups is 1. The van der Waals surface area contributed by atoms with Crippen LogP contribution in [0, 0.1) is 5.92 Å². The number of likely N-dealkylation sites (tertiary alicyclic amines) is 1. The number of halogens is 1. The number of hydrogen-bond acceptors (Lipinski definition) is 2. The highest BCUT2D eigenvalue weighted by Gasteiger charge is 2.20. The first-order chi connectivity index (χ1) is 8.79. The molecular formula is C14H29IN4. The predicted molar refractivity (Wildman–Crippen MR) is 92.1 cm³/mol. The predicted octanol–water partition coefficient (Wildman–Crippen LogP) is 2.18. The second-order valence-electron chi connectivity index (χ2n) is 5.68. The van der Waals surface area contributed by atoms with Gasteiger partial charge in [-0.05, 0) is 44.7 Å². The molecule has 0 amide bonds. The lowest BCUT2D eigenvalue weighted by atomic mass is 9.86. The van der Waals surface area contributed by atoms with Crippen LogP contribution in [-0.2, 0) is 0 Å². The van der Waals surface area contributed by atoms with Crippen molar-refractivity contribution in [3.05, 3.63) is 0 Å². The summed E-state index contributed by atoms with van der Waals surface area (Å²) in [6.45, 7) is 6.49. The van der Waals surface area contributed by atoms with Crippen LogP contribution in [0.15, 0.2) is 4.99 Å². The van der Waals surface area contributed by atoms with Crippen LogP contribution in [0.3, 0.4) is 0 Å². The molecule has 0 bridgehead atoms. The molecule has 1 aliphatic heterocycles. The minimum absolute atomic E-state index is 0. The molecule has 112 valence electrons. The molecule has 1 saturated heterocycles. The van der Waals surface area contributed by atoms with Crippen molar-refractivity contribution in [3.63, 3.8) is 0 Å².